The SMILES string of the molecule is CCOc1cc(C(Nc2ccc(-c3noc(C)n3)cc2)c2nn(-c3ncsc3C(=O)O)c(=O)[nH]2)cnc1OC. The average Bonchev–Trinajstić information content (AvgIpc) is 3.67. The molecule has 0 spiro atoms. The molecular weight excluding hydrogens is 528 g/mol. The summed E-state index contributed by atoms with van der Waals surface area (Å²) >= 11 is 0.893. The van der Waals surface area contributed by atoms with Crippen LogP contribution >= 0.6 is 11.3 Å². The molecule has 14 nitrogen and oxygen atoms in total. The maximum atomic E-state index is 12.9. The van der Waals surface area contributed by atoms with E-state index in [1.807, 2.05) is 31.2 Å². The van der Waals surface area contributed by atoms with E-state index in [-0.39, 0.29) is 16.5 Å². The number of carboxylic acid groups (broad SMARTS) is 1. The molecule has 1 atom stereocenters. The van der Waals surface area contributed by atoms with Crippen LogP contribution in [0.2, 0.25) is 0 Å². The molecule has 0 aliphatic heterocycles. The summed E-state index contributed by atoms with van der Waals surface area (Å²) in [5.74, 6) is 0.509. The summed E-state index contributed by atoms with van der Waals surface area (Å²) in [4.78, 5) is 39.7. The highest BCUT2D eigenvalue weighted by Crippen LogP contribution is 2.32. The molecule has 1 aromatic carbocycles. The van der Waals surface area contributed by atoms with Crippen LogP contribution in [0.15, 0.2) is 51.4 Å². The molecule has 4 heterocycles. The summed E-state index contributed by atoms with van der Waals surface area (Å²) in [6, 6.07) is 8.25. The van der Waals surface area contributed by atoms with E-state index in [0.29, 0.717) is 41.2 Å². The summed E-state index contributed by atoms with van der Waals surface area (Å²) < 4.78 is 17.0. The van der Waals surface area contributed by atoms with Gasteiger partial charge in [-0.2, -0.15) is 9.67 Å². The lowest BCUT2D eigenvalue weighted by atomic mass is 10.1. The van der Waals surface area contributed by atoms with Crippen molar-refractivity contribution in [2.24, 2.45) is 0 Å². The first-order valence-electron chi connectivity index (χ1n) is 11.6. The van der Waals surface area contributed by atoms with Crippen LogP contribution in [0, 0.1) is 6.92 Å². The minimum Gasteiger partial charge on any atom is -0.488 e. The predicted molar refractivity (Wildman–Crippen MR) is 139 cm³/mol. The van der Waals surface area contributed by atoms with E-state index in [2.05, 4.69) is 35.5 Å². The van der Waals surface area contributed by atoms with Gasteiger partial charge in [-0.25, -0.2) is 19.6 Å². The van der Waals surface area contributed by atoms with Crippen molar-refractivity contribution in [3.63, 3.8) is 0 Å². The van der Waals surface area contributed by atoms with Crippen LogP contribution < -0.4 is 20.5 Å². The molecule has 5 rings (SSSR count). The van der Waals surface area contributed by atoms with Crippen LogP contribution in [0.3, 0.4) is 0 Å². The van der Waals surface area contributed by atoms with Crippen LogP contribution in [-0.4, -0.2) is 59.7 Å². The van der Waals surface area contributed by atoms with Gasteiger partial charge in [0.15, 0.2) is 22.3 Å². The molecule has 200 valence electrons. The minimum absolute atomic E-state index is 0.0821. The van der Waals surface area contributed by atoms with Crippen LogP contribution in [0.5, 0.6) is 11.6 Å². The van der Waals surface area contributed by atoms with Crippen molar-refractivity contribution in [1.29, 1.82) is 0 Å². The van der Waals surface area contributed by atoms with Gasteiger partial charge in [-0.1, -0.05) is 5.16 Å². The van der Waals surface area contributed by atoms with E-state index in [9.17, 15) is 14.7 Å². The van der Waals surface area contributed by atoms with Gasteiger partial charge >= 0.3 is 11.7 Å². The zero-order valence-corrected chi connectivity index (χ0v) is 21.7. The number of nitrogens with zero attached hydrogens (tertiary/aromatic N) is 6. The molecule has 0 saturated carbocycles. The number of rotatable bonds is 10. The normalized spacial score (nSPS) is 11.8. The van der Waals surface area contributed by atoms with Crippen molar-refractivity contribution >= 4 is 23.0 Å². The number of ether oxygens (including phenoxy) is 2. The first kappa shape index (κ1) is 25.6. The Labute approximate surface area is 224 Å². The number of aromatic carboxylic acids is 1. The third-order valence-corrected chi connectivity index (χ3v) is 6.30. The number of H-pyrrole nitrogens is 1. The fourth-order valence-corrected chi connectivity index (χ4v) is 4.38. The maximum Gasteiger partial charge on any atom is 0.349 e. The third kappa shape index (κ3) is 5.19. The Morgan fingerprint density at radius 2 is 2.08 bits per heavy atom. The number of carbonyl (C=O) groups is 1. The first-order valence-corrected chi connectivity index (χ1v) is 12.5. The number of hydrogen-bond donors (Lipinski definition) is 3. The lowest BCUT2D eigenvalue weighted by Gasteiger charge is -2.19. The monoisotopic (exact) mass is 550 g/mol. The van der Waals surface area contributed by atoms with Gasteiger partial charge in [0.2, 0.25) is 11.7 Å². The molecule has 0 saturated heterocycles. The molecule has 1 unspecified atom stereocenters. The summed E-state index contributed by atoms with van der Waals surface area (Å²) in [5.41, 5.74) is 2.70. The lowest BCUT2D eigenvalue weighted by molar-refractivity contribution is 0.0701. The standard InChI is InChI=1S/C24H22N8O6S/c1-4-37-16-9-14(10-25-22(16)36-3)17(28-15-7-5-13(6-8-15)19-27-12(2)38-31-19)20-29-24(35)32(30-20)21-18(23(33)34)39-11-26-21/h5-11,17,28H,4H2,1-3H3,(H,33,34)(H,29,30,35). The van der Waals surface area contributed by atoms with E-state index in [1.54, 1.807) is 19.2 Å². The number of benzene rings is 1. The Morgan fingerprint density at radius 1 is 1.28 bits per heavy atom. The second kappa shape index (κ2) is 10.7. The van der Waals surface area contributed by atoms with Crippen molar-refractivity contribution in [3.8, 4) is 28.8 Å². The van der Waals surface area contributed by atoms with Crippen molar-refractivity contribution < 1.29 is 23.9 Å². The molecule has 3 N–H and O–H groups in total. The molecule has 0 aliphatic rings. The third-order valence-electron chi connectivity index (χ3n) is 5.50. The maximum absolute atomic E-state index is 12.9. The summed E-state index contributed by atoms with van der Waals surface area (Å²) in [5, 5.41) is 21.2. The minimum atomic E-state index is -1.21. The highest BCUT2D eigenvalue weighted by molar-refractivity contribution is 7.12. The van der Waals surface area contributed by atoms with Gasteiger partial charge in [-0.15, -0.1) is 16.4 Å². The number of nitrogens with one attached hydrogen (secondary N) is 2. The van der Waals surface area contributed by atoms with E-state index in [1.165, 1.54) is 12.6 Å². The number of pyridine rings is 1. The summed E-state index contributed by atoms with van der Waals surface area (Å²) in [6.07, 6.45) is 1.57. The van der Waals surface area contributed by atoms with Crippen LogP contribution in [0.4, 0.5) is 5.69 Å². The van der Waals surface area contributed by atoms with Gasteiger partial charge in [0, 0.05) is 29.9 Å². The van der Waals surface area contributed by atoms with Gasteiger partial charge in [0.05, 0.1) is 19.2 Å². The van der Waals surface area contributed by atoms with Gasteiger partial charge in [-0.05, 0) is 37.3 Å². The number of methoxy groups -OCH3 is 1. The first-order chi connectivity index (χ1) is 18.9. The Bertz CT molecular complexity index is 1670. The Hall–Kier alpha value is -5.05. The van der Waals surface area contributed by atoms with Gasteiger partial charge < -0.3 is 24.4 Å². The number of aromatic nitrogens is 7. The molecule has 5 aromatic rings. The number of aryl methyl sites for hydroxylation is 1. The fraction of sp³-hybridized carbons (Fsp3) is 0.208. The van der Waals surface area contributed by atoms with Gasteiger partial charge in [-0.3, -0.25) is 4.98 Å². The second-order valence-corrected chi connectivity index (χ2v) is 8.89. The molecular formula is C24H22N8O6S. The van der Waals surface area contributed by atoms with Crippen LogP contribution in [-0.2, 0) is 0 Å². The number of anilines is 1. The number of thiazole rings is 1. The Balaban J connectivity index is 1.56. The molecule has 0 bridgehead atoms. The van der Waals surface area contributed by atoms with E-state index >= 15 is 0 Å². The van der Waals surface area contributed by atoms with Crippen molar-refractivity contribution in [2.45, 2.75) is 19.9 Å². The lowest BCUT2D eigenvalue weighted by Crippen LogP contribution is -2.18. The predicted octanol–water partition coefficient (Wildman–Crippen LogP) is 3.08. The number of carboxylic acids is 1. The summed E-state index contributed by atoms with van der Waals surface area (Å²) in [7, 11) is 1.49. The zero-order chi connectivity index (χ0) is 27.5. The largest absolute Gasteiger partial charge is 0.488 e. The second-order valence-electron chi connectivity index (χ2n) is 8.04. The van der Waals surface area contributed by atoms with E-state index in [4.69, 9.17) is 14.0 Å². The smallest absolute Gasteiger partial charge is 0.349 e. The molecule has 4 aromatic heterocycles. The molecule has 0 fully saturated rings. The van der Waals surface area contributed by atoms with Crippen molar-refractivity contribution in [3.05, 3.63) is 74.7 Å². The van der Waals surface area contributed by atoms with Crippen molar-refractivity contribution in [2.75, 3.05) is 19.0 Å². The zero-order valence-electron chi connectivity index (χ0n) is 20.9. The van der Waals surface area contributed by atoms with Crippen LogP contribution in [0.1, 0.15) is 39.9 Å². The fourth-order valence-electron chi connectivity index (χ4n) is 3.78. The quantitative estimate of drug-likeness (QED) is 0.231. The molecule has 15 heteroatoms. The molecule has 0 aliphatic carbocycles. The van der Waals surface area contributed by atoms with Crippen molar-refractivity contribution in [1.82, 2.24) is 34.9 Å². The topological polar surface area (TPSA) is 183 Å². The van der Waals surface area contributed by atoms with Gasteiger partial charge in [0.1, 0.15) is 6.04 Å². The van der Waals surface area contributed by atoms with Crippen LogP contribution in [0.25, 0.3) is 17.2 Å². The molecule has 39 heavy (non-hydrogen) atoms. The summed E-state index contributed by atoms with van der Waals surface area (Å²) in [6.45, 7) is 3.92. The molecule has 0 radical (unpaired) electrons. The molecule has 0 amide bonds. The Morgan fingerprint density at radius 3 is 2.74 bits per heavy atom. The number of hydrogen-bond acceptors (Lipinski definition) is 12. The highest BCUT2D eigenvalue weighted by Gasteiger charge is 2.25. The van der Waals surface area contributed by atoms with E-state index in [0.717, 1.165) is 21.6 Å². The Kier molecular flexibility index (Phi) is 7.05. The number of aromatic amines is 1. The van der Waals surface area contributed by atoms with E-state index < -0.39 is 17.7 Å². The highest BCUT2D eigenvalue weighted by atomic mass is 32.1. The van der Waals surface area contributed by atoms with Gasteiger partial charge in [0.25, 0.3) is 5.88 Å². The average molecular weight is 551 g/mol.